The molecule has 57 heavy (non-hydrogen) atoms. The number of rotatable bonds is 6. The molecule has 0 nitrogen and oxygen atoms in total. The molecular weight excluding hydrogens is 685 g/mol. The first-order valence-electron chi connectivity index (χ1n) is 20.6. The lowest BCUT2D eigenvalue weighted by Gasteiger charge is -2.20. The fourth-order valence-corrected chi connectivity index (χ4v) is 9.63. The summed E-state index contributed by atoms with van der Waals surface area (Å²) in [6, 6.07) is 63.4. The number of hydrogen-bond donors (Lipinski definition) is 0. The van der Waals surface area contributed by atoms with E-state index in [2.05, 4.69) is 203 Å². The van der Waals surface area contributed by atoms with Gasteiger partial charge in [0.15, 0.2) is 0 Å². The molecule has 0 N–H and O–H groups in total. The molecule has 0 fully saturated rings. The van der Waals surface area contributed by atoms with Crippen molar-refractivity contribution in [2.24, 2.45) is 5.92 Å². The van der Waals surface area contributed by atoms with Gasteiger partial charge in [0.05, 0.1) is 0 Å². The topological polar surface area (TPSA) is 0 Å². The van der Waals surface area contributed by atoms with Gasteiger partial charge in [-0.1, -0.05) is 189 Å². The van der Waals surface area contributed by atoms with E-state index in [0.29, 0.717) is 5.92 Å². The van der Waals surface area contributed by atoms with Gasteiger partial charge in [0.25, 0.3) is 0 Å². The van der Waals surface area contributed by atoms with Gasteiger partial charge in [-0.25, -0.2) is 0 Å². The number of allylic oxidation sites excluding steroid dienone is 4. The smallest absolute Gasteiger partial charge is 0.00201 e. The van der Waals surface area contributed by atoms with Crippen LogP contribution in [0, 0.1) is 19.8 Å². The maximum atomic E-state index is 2.48. The van der Waals surface area contributed by atoms with E-state index < -0.39 is 0 Å². The molecule has 0 radical (unpaired) electrons. The van der Waals surface area contributed by atoms with Crippen LogP contribution in [0.25, 0.3) is 87.6 Å². The third-order valence-corrected chi connectivity index (χ3v) is 12.6. The summed E-state index contributed by atoms with van der Waals surface area (Å²) in [4.78, 5) is 0. The summed E-state index contributed by atoms with van der Waals surface area (Å²) in [6.07, 6.45) is 8.31. The molecule has 1 aliphatic rings. The Hall–Kier alpha value is -6.50. The van der Waals surface area contributed by atoms with Crippen LogP contribution in [0.15, 0.2) is 182 Å². The maximum Gasteiger partial charge on any atom is -0.00201 e. The minimum atomic E-state index is 0.635. The average molecular weight is 731 g/mol. The van der Waals surface area contributed by atoms with E-state index in [1.807, 2.05) is 0 Å². The lowest BCUT2D eigenvalue weighted by atomic mass is 9.83. The Morgan fingerprint density at radius 1 is 0.439 bits per heavy atom. The van der Waals surface area contributed by atoms with Crippen LogP contribution in [-0.4, -0.2) is 0 Å². The molecule has 0 heterocycles. The highest BCUT2D eigenvalue weighted by Gasteiger charge is 2.21. The normalized spacial score (nSPS) is 14.5. The molecule has 0 saturated carbocycles. The fourth-order valence-electron chi connectivity index (χ4n) is 9.63. The molecule has 10 rings (SSSR count). The number of hydrogen-bond acceptors (Lipinski definition) is 0. The Morgan fingerprint density at radius 3 is 1.56 bits per heavy atom. The largest absolute Gasteiger partial charge is 0.0764 e. The molecule has 0 bridgehead atoms. The predicted molar refractivity (Wildman–Crippen MR) is 248 cm³/mol. The first kappa shape index (κ1) is 35.0. The minimum Gasteiger partial charge on any atom is -0.0764 e. The first-order valence-corrected chi connectivity index (χ1v) is 20.6. The highest BCUT2D eigenvalue weighted by Crippen LogP contribution is 2.47. The number of aryl methyl sites for hydroxylation is 2. The lowest BCUT2D eigenvalue weighted by Crippen LogP contribution is -1.98. The second-order valence-electron chi connectivity index (χ2n) is 16.0. The van der Waals surface area contributed by atoms with E-state index in [9.17, 15) is 0 Å². The second-order valence-corrected chi connectivity index (χ2v) is 16.0. The van der Waals surface area contributed by atoms with Crippen molar-refractivity contribution in [1.29, 1.82) is 0 Å². The van der Waals surface area contributed by atoms with Crippen molar-refractivity contribution in [3.63, 3.8) is 0 Å². The van der Waals surface area contributed by atoms with Crippen molar-refractivity contribution in [1.82, 2.24) is 0 Å². The van der Waals surface area contributed by atoms with Crippen molar-refractivity contribution < 1.29 is 0 Å². The van der Waals surface area contributed by atoms with E-state index in [4.69, 9.17) is 0 Å². The van der Waals surface area contributed by atoms with Gasteiger partial charge in [0.2, 0.25) is 0 Å². The van der Waals surface area contributed by atoms with Crippen LogP contribution < -0.4 is 0 Å². The zero-order chi connectivity index (χ0) is 38.5. The Labute approximate surface area is 336 Å². The van der Waals surface area contributed by atoms with Crippen molar-refractivity contribution in [3.8, 4) is 33.4 Å². The zero-order valence-electron chi connectivity index (χ0n) is 33.0. The van der Waals surface area contributed by atoms with Gasteiger partial charge in [-0.15, -0.1) is 0 Å². The third kappa shape index (κ3) is 6.17. The minimum absolute atomic E-state index is 0.635. The van der Waals surface area contributed by atoms with Gasteiger partial charge < -0.3 is 0 Å². The van der Waals surface area contributed by atoms with E-state index >= 15 is 0 Å². The van der Waals surface area contributed by atoms with Crippen LogP contribution in [-0.2, 0) is 0 Å². The molecule has 0 saturated heterocycles. The summed E-state index contributed by atoms with van der Waals surface area (Å²) in [5.41, 5.74) is 15.7. The Bertz CT molecular complexity index is 2980. The van der Waals surface area contributed by atoms with Gasteiger partial charge in [0.1, 0.15) is 0 Å². The highest BCUT2D eigenvalue weighted by molar-refractivity contribution is 6.24. The van der Waals surface area contributed by atoms with Crippen molar-refractivity contribution in [2.75, 3.05) is 0 Å². The van der Waals surface area contributed by atoms with Crippen LogP contribution >= 0.6 is 0 Å². The molecule has 0 aromatic heterocycles. The van der Waals surface area contributed by atoms with Crippen molar-refractivity contribution >= 4 is 54.2 Å². The molecule has 0 heteroatoms. The van der Waals surface area contributed by atoms with Gasteiger partial charge in [0, 0.05) is 0 Å². The molecular formula is C57H46. The summed E-state index contributed by atoms with van der Waals surface area (Å²) in [7, 11) is 0. The molecule has 9 aromatic carbocycles. The van der Waals surface area contributed by atoms with Crippen molar-refractivity contribution in [3.05, 3.63) is 204 Å². The quantitative estimate of drug-likeness (QED) is 0.149. The first-order chi connectivity index (χ1) is 28.1. The van der Waals surface area contributed by atoms with E-state index in [-0.39, 0.29) is 0 Å². The van der Waals surface area contributed by atoms with E-state index in [1.54, 1.807) is 0 Å². The maximum absolute atomic E-state index is 2.48. The molecule has 1 atom stereocenters. The van der Waals surface area contributed by atoms with Crippen LogP contribution in [0.4, 0.5) is 0 Å². The summed E-state index contributed by atoms with van der Waals surface area (Å²) in [5, 5.41) is 10.3. The summed E-state index contributed by atoms with van der Waals surface area (Å²) in [6.45, 7) is 6.79. The lowest BCUT2D eigenvalue weighted by molar-refractivity contribution is 0.533. The molecule has 0 aliphatic heterocycles. The summed E-state index contributed by atoms with van der Waals surface area (Å²) >= 11 is 0. The molecule has 9 aromatic rings. The third-order valence-electron chi connectivity index (χ3n) is 12.6. The van der Waals surface area contributed by atoms with Gasteiger partial charge in [-0.05, 0) is 149 Å². The Kier molecular flexibility index (Phi) is 8.91. The van der Waals surface area contributed by atoms with Gasteiger partial charge in [-0.3, -0.25) is 0 Å². The van der Waals surface area contributed by atoms with Gasteiger partial charge in [-0.2, -0.15) is 0 Å². The summed E-state index contributed by atoms with van der Waals surface area (Å²) in [5.74, 6) is 0.635. The highest BCUT2D eigenvalue weighted by atomic mass is 14.2. The standard InChI is InChI=1S/C57H46/c1-4-39-24-25-44(36-46(34-39)45-31-28-40-16-5-6-17-43(40)35-45)41-26-29-42(30-27-41)56-49-20-9-11-22-51(49)57(52-23-12-10-21-50(52)56)54-33-32-53(47-18-7-8-19-48(47)54)55-37(2)14-13-15-38(55)3/h5-23,25-33,35-36,39H,4,24,34H2,1-3H3. The second kappa shape index (κ2) is 14.5. The fraction of sp³-hybridized carbons (Fsp3) is 0.123. The summed E-state index contributed by atoms with van der Waals surface area (Å²) < 4.78 is 0. The Morgan fingerprint density at radius 2 is 0.947 bits per heavy atom. The predicted octanol–water partition coefficient (Wildman–Crippen LogP) is 16.2. The SMILES string of the molecule is CCC1CC=C(c2ccc(-c3c4ccccc4c(-c4ccc(-c5c(C)cccc5C)c5ccccc45)c4ccccc34)cc2)C=C(c2ccc3ccccc3c2)C1. The number of benzene rings is 9. The van der Waals surface area contributed by atoms with E-state index in [1.165, 1.54) is 116 Å². The molecule has 274 valence electrons. The molecule has 1 aliphatic carbocycles. The van der Waals surface area contributed by atoms with Crippen LogP contribution in [0.1, 0.15) is 48.4 Å². The van der Waals surface area contributed by atoms with E-state index in [0.717, 1.165) is 12.8 Å². The average Bonchev–Trinajstić information content (AvgIpc) is 3.49. The van der Waals surface area contributed by atoms with Crippen LogP contribution in [0.2, 0.25) is 0 Å². The zero-order valence-corrected chi connectivity index (χ0v) is 33.0. The van der Waals surface area contributed by atoms with Gasteiger partial charge >= 0.3 is 0 Å². The monoisotopic (exact) mass is 730 g/mol. The molecule has 0 spiro atoms. The van der Waals surface area contributed by atoms with Crippen molar-refractivity contribution in [2.45, 2.75) is 40.0 Å². The Balaban J connectivity index is 1.11. The molecule has 1 unspecified atom stereocenters. The van der Waals surface area contributed by atoms with Crippen LogP contribution in [0.5, 0.6) is 0 Å². The number of fused-ring (bicyclic) bond motifs is 4. The molecule has 0 amide bonds. The van der Waals surface area contributed by atoms with Crippen LogP contribution in [0.3, 0.4) is 0 Å².